The maximum absolute atomic E-state index is 14.9. The second kappa shape index (κ2) is 11.7. The fraction of sp³-hybridized carbons (Fsp3) is 0.250. The van der Waals surface area contributed by atoms with Gasteiger partial charge in [0, 0.05) is 43.4 Å². The number of aromatic nitrogens is 2. The highest BCUT2D eigenvalue weighted by molar-refractivity contribution is 8.18. The van der Waals surface area contributed by atoms with Crippen molar-refractivity contribution in [1.29, 1.82) is 0 Å². The molecule has 1 N–H and O–H groups in total. The van der Waals surface area contributed by atoms with Crippen molar-refractivity contribution < 1.29 is 28.2 Å². The van der Waals surface area contributed by atoms with Gasteiger partial charge in [-0.3, -0.25) is 24.7 Å². The number of anilines is 1. The molecule has 3 amide bonds. The molecule has 2 aliphatic heterocycles. The number of nitrogens with zero attached hydrogens (tertiary/aromatic N) is 4. The van der Waals surface area contributed by atoms with Gasteiger partial charge in [-0.15, -0.1) is 0 Å². The van der Waals surface area contributed by atoms with Crippen molar-refractivity contribution in [2.45, 2.75) is 6.42 Å². The molecule has 2 fully saturated rings. The van der Waals surface area contributed by atoms with Crippen LogP contribution in [0.1, 0.15) is 22.3 Å². The van der Waals surface area contributed by atoms with E-state index in [-0.39, 0.29) is 16.4 Å². The number of hydrogen-bond acceptors (Lipinski definition) is 9. The van der Waals surface area contributed by atoms with Crippen LogP contribution >= 0.6 is 11.8 Å². The zero-order valence-corrected chi connectivity index (χ0v) is 22.7. The average Bonchev–Trinajstić information content (AvgIpc) is 3.14. The number of hydrogen-bond donors (Lipinski definition) is 1. The molecule has 2 aromatic carbocycles. The molecular weight excluding hydrogens is 537 g/mol. The summed E-state index contributed by atoms with van der Waals surface area (Å²) in [6.07, 6.45) is 5.32. The Kier molecular flexibility index (Phi) is 7.96. The monoisotopic (exact) mass is 563 g/mol. The Labute approximate surface area is 234 Å². The SMILES string of the molecule is COc1cc(OC)cc(C(=O)N2CCCN(c3cncc(-c4cc(/C=C5/SC(=O)NC5=O)ccc4F)n3)CC2)c1. The summed E-state index contributed by atoms with van der Waals surface area (Å²) in [6.45, 7) is 2.17. The van der Waals surface area contributed by atoms with Gasteiger partial charge in [0.05, 0.1) is 37.2 Å². The van der Waals surface area contributed by atoms with Gasteiger partial charge in [-0.05, 0) is 54.1 Å². The lowest BCUT2D eigenvalue weighted by Gasteiger charge is -2.23. The quantitative estimate of drug-likeness (QED) is 0.445. The van der Waals surface area contributed by atoms with E-state index < -0.39 is 17.0 Å². The van der Waals surface area contributed by atoms with E-state index in [1.54, 1.807) is 35.4 Å². The van der Waals surface area contributed by atoms with E-state index in [2.05, 4.69) is 15.3 Å². The lowest BCUT2D eigenvalue weighted by molar-refractivity contribution is -0.115. The number of ether oxygens (including phenoxy) is 2. The number of halogens is 1. The standard InChI is InChI=1S/C28H26FN5O5S/c1-38-19-12-18(13-20(14-19)39-2)27(36)34-7-3-6-33(8-9-34)25-16-30-15-23(31-25)21-10-17(4-5-22(21)29)11-24-26(35)32-28(37)40-24/h4-5,10-16H,3,6-9H2,1-2H3,(H,32,35,37)/b24-11+. The van der Waals surface area contributed by atoms with Gasteiger partial charge in [0.2, 0.25) is 0 Å². The first-order chi connectivity index (χ1) is 19.3. The molecule has 206 valence electrons. The minimum Gasteiger partial charge on any atom is -0.497 e. The summed E-state index contributed by atoms with van der Waals surface area (Å²) in [5.74, 6) is 0.545. The van der Waals surface area contributed by atoms with E-state index in [1.165, 1.54) is 38.6 Å². The first-order valence-corrected chi connectivity index (χ1v) is 13.3. The Hall–Kier alpha value is -4.45. The molecule has 0 saturated carbocycles. The van der Waals surface area contributed by atoms with Crippen LogP contribution in [0.5, 0.6) is 11.5 Å². The Morgan fingerprint density at radius 3 is 2.50 bits per heavy atom. The summed E-state index contributed by atoms with van der Waals surface area (Å²) in [6, 6.07) is 9.48. The van der Waals surface area contributed by atoms with Crippen LogP contribution in [0.2, 0.25) is 0 Å². The van der Waals surface area contributed by atoms with Crippen LogP contribution in [-0.2, 0) is 4.79 Å². The number of carbonyl (C=O) groups is 3. The molecule has 0 unspecified atom stereocenters. The summed E-state index contributed by atoms with van der Waals surface area (Å²) >= 11 is 0.795. The van der Waals surface area contributed by atoms with Crippen LogP contribution < -0.4 is 19.7 Å². The van der Waals surface area contributed by atoms with Crippen LogP contribution in [0.15, 0.2) is 53.7 Å². The molecular formula is C28H26FN5O5S. The fourth-order valence-corrected chi connectivity index (χ4v) is 5.18. The Morgan fingerprint density at radius 2 is 1.80 bits per heavy atom. The lowest BCUT2D eigenvalue weighted by atomic mass is 10.1. The van der Waals surface area contributed by atoms with Crippen molar-refractivity contribution in [2.75, 3.05) is 45.3 Å². The molecule has 0 spiro atoms. The molecule has 40 heavy (non-hydrogen) atoms. The Morgan fingerprint density at radius 1 is 1.02 bits per heavy atom. The smallest absolute Gasteiger partial charge is 0.290 e. The molecule has 12 heteroatoms. The Balaban J connectivity index is 1.33. The molecule has 2 aliphatic rings. The number of carbonyl (C=O) groups excluding carboxylic acids is 3. The number of amides is 3. The van der Waals surface area contributed by atoms with Gasteiger partial charge >= 0.3 is 0 Å². The third-order valence-corrected chi connectivity index (χ3v) is 7.34. The highest BCUT2D eigenvalue weighted by Crippen LogP contribution is 2.29. The molecule has 0 aliphatic carbocycles. The summed E-state index contributed by atoms with van der Waals surface area (Å²) in [5.41, 5.74) is 1.58. The highest BCUT2D eigenvalue weighted by atomic mass is 32.2. The number of nitrogens with one attached hydrogen (secondary N) is 1. The predicted octanol–water partition coefficient (Wildman–Crippen LogP) is 3.98. The summed E-state index contributed by atoms with van der Waals surface area (Å²) in [4.78, 5) is 49.6. The van der Waals surface area contributed by atoms with Gasteiger partial charge < -0.3 is 19.3 Å². The topological polar surface area (TPSA) is 114 Å². The zero-order chi connectivity index (χ0) is 28.2. The van der Waals surface area contributed by atoms with E-state index in [0.717, 1.165) is 11.8 Å². The van der Waals surface area contributed by atoms with Crippen molar-refractivity contribution in [3.8, 4) is 22.8 Å². The van der Waals surface area contributed by atoms with Crippen molar-refractivity contribution in [1.82, 2.24) is 20.2 Å². The molecule has 3 heterocycles. The van der Waals surface area contributed by atoms with Crippen molar-refractivity contribution >= 4 is 40.7 Å². The maximum atomic E-state index is 14.9. The number of rotatable bonds is 6. The largest absolute Gasteiger partial charge is 0.497 e. The van der Waals surface area contributed by atoms with E-state index in [4.69, 9.17) is 9.47 Å². The average molecular weight is 564 g/mol. The molecule has 2 saturated heterocycles. The lowest BCUT2D eigenvalue weighted by Crippen LogP contribution is -2.35. The van der Waals surface area contributed by atoms with Gasteiger partial charge in [0.1, 0.15) is 23.1 Å². The predicted molar refractivity (Wildman–Crippen MR) is 149 cm³/mol. The number of benzene rings is 2. The second-order valence-corrected chi connectivity index (χ2v) is 10.1. The molecule has 10 nitrogen and oxygen atoms in total. The van der Waals surface area contributed by atoms with Crippen molar-refractivity contribution in [3.05, 3.63) is 70.6 Å². The van der Waals surface area contributed by atoms with E-state index in [9.17, 15) is 18.8 Å². The van der Waals surface area contributed by atoms with Crippen LogP contribution in [0, 0.1) is 5.82 Å². The normalized spacial score (nSPS) is 16.6. The number of methoxy groups -OCH3 is 2. The third-order valence-electron chi connectivity index (χ3n) is 6.53. The van der Waals surface area contributed by atoms with Crippen LogP contribution in [0.25, 0.3) is 17.3 Å². The van der Waals surface area contributed by atoms with Gasteiger partial charge in [-0.2, -0.15) is 0 Å². The Bertz CT molecular complexity index is 1490. The van der Waals surface area contributed by atoms with E-state index in [1.807, 2.05) is 4.90 Å². The van der Waals surface area contributed by atoms with Crippen molar-refractivity contribution in [2.24, 2.45) is 0 Å². The molecule has 0 radical (unpaired) electrons. The maximum Gasteiger partial charge on any atom is 0.290 e. The minimum absolute atomic E-state index is 0.123. The van der Waals surface area contributed by atoms with E-state index in [0.29, 0.717) is 66.7 Å². The van der Waals surface area contributed by atoms with Gasteiger partial charge in [0.25, 0.3) is 17.1 Å². The number of imide groups is 1. The molecule has 5 rings (SSSR count). The van der Waals surface area contributed by atoms with Crippen LogP contribution in [0.3, 0.4) is 0 Å². The van der Waals surface area contributed by atoms with E-state index >= 15 is 0 Å². The second-order valence-electron chi connectivity index (χ2n) is 9.09. The summed E-state index contributed by atoms with van der Waals surface area (Å²) in [5, 5.41) is 1.76. The van der Waals surface area contributed by atoms with Gasteiger partial charge in [0.15, 0.2) is 0 Å². The first kappa shape index (κ1) is 27.1. The minimum atomic E-state index is -0.491. The van der Waals surface area contributed by atoms with Crippen LogP contribution in [0.4, 0.5) is 15.0 Å². The molecule has 0 bridgehead atoms. The molecule has 1 aromatic heterocycles. The van der Waals surface area contributed by atoms with Crippen LogP contribution in [-0.4, -0.2) is 72.3 Å². The zero-order valence-electron chi connectivity index (χ0n) is 21.8. The van der Waals surface area contributed by atoms with Gasteiger partial charge in [-0.1, -0.05) is 6.07 Å². The fourth-order valence-electron chi connectivity index (χ4n) is 4.50. The summed E-state index contributed by atoms with van der Waals surface area (Å²) in [7, 11) is 3.08. The van der Waals surface area contributed by atoms with Crippen molar-refractivity contribution in [3.63, 3.8) is 0 Å². The third kappa shape index (κ3) is 5.91. The van der Waals surface area contributed by atoms with Gasteiger partial charge in [-0.25, -0.2) is 9.37 Å². The summed E-state index contributed by atoms with van der Waals surface area (Å²) < 4.78 is 25.5. The molecule has 3 aromatic rings. The molecule has 0 atom stereocenters. The number of thioether (sulfide) groups is 1. The first-order valence-electron chi connectivity index (χ1n) is 12.5. The highest BCUT2D eigenvalue weighted by Gasteiger charge is 2.25.